The van der Waals surface area contributed by atoms with Crippen LogP contribution in [0.25, 0.3) is 0 Å². The number of piperidine rings is 1. The molecule has 1 aromatic heterocycles. The fourth-order valence-electron chi connectivity index (χ4n) is 2.60. The molecule has 0 amide bonds. The molecule has 0 saturated carbocycles. The van der Waals surface area contributed by atoms with E-state index in [9.17, 15) is 4.39 Å². The molecule has 118 valence electrons. The van der Waals surface area contributed by atoms with Crippen LogP contribution in [0.3, 0.4) is 0 Å². The third-order valence-electron chi connectivity index (χ3n) is 3.75. The largest absolute Gasteiger partial charge is 0.365 e. The van der Waals surface area contributed by atoms with E-state index in [1.54, 1.807) is 0 Å². The minimum absolute atomic E-state index is 0.293. The van der Waals surface area contributed by atoms with E-state index in [-0.39, 0.29) is 5.82 Å². The highest BCUT2D eigenvalue weighted by molar-refractivity contribution is 5.41. The number of hydrogen-bond acceptors (Lipinski definition) is 5. The van der Waals surface area contributed by atoms with Crippen molar-refractivity contribution in [2.75, 3.05) is 36.8 Å². The molecule has 2 heterocycles. The van der Waals surface area contributed by atoms with Crippen LogP contribution in [-0.4, -0.2) is 47.1 Å². The summed E-state index contributed by atoms with van der Waals surface area (Å²) in [5, 5.41) is 6.32. The zero-order valence-electron chi connectivity index (χ0n) is 13.0. The van der Waals surface area contributed by atoms with Crippen molar-refractivity contribution >= 4 is 11.8 Å². The van der Waals surface area contributed by atoms with Gasteiger partial charge in [-0.1, -0.05) is 13.8 Å². The van der Waals surface area contributed by atoms with E-state index >= 15 is 0 Å². The van der Waals surface area contributed by atoms with E-state index in [4.69, 9.17) is 0 Å². The number of anilines is 2. The first-order chi connectivity index (χ1) is 10.2. The van der Waals surface area contributed by atoms with Crippen LogP contribution >= 0.6 is 0 Å². The van der Waals surface area contributed by atoms with Gasteiger partial charge in [0.1, 0.15) is 0 Å². The number of rotatable bonds is 7. The lowest BCUT2D eigenvalue weighted by Gasteiger charge is -2.32. The SMILES string of the molecule is CCCNc1ncc(F)c(NC2CCN(CCC)CC2)n1. The predicted molar refractivity (Wildman–Crippen MR) is 84.1 cm³/mol. The van der Waals surface area contributed by atoms with Gasteiger partial charge < -0.3 is 15.5 Å². The Kier molecular flexibility index (Phi) is 6.17. The molecule has 0 radical (unpaired) electrons. The summed E-state index contributed by atoms with van der Waals surface area (Å²) in [6, 6.07) is 0.293. The molecule has 2 rings (SSSR count). The van der Waals surface area contributed by atoms with Crippen LogP contribution in [-0.2, 0) is 0 Å². The molecular formula is C15H26FN5. The van der Waals surface area contributed by atoms with Gasteiger partial charge in [0.15, 0.2) is 11.6 Å². The monoisotopic (exact) mass is 295 g/mol. The molecule has 1 aliphatic rings. The summed E-state index contributed by atoms with van der Waals surface area (Å²) in [4.78, 5) is 10.7. The summed E-state index contributed by atoms with van der Waals surface area (Å²) in [5.74, 6) is 0.426. The van der Waals surface area contributed by atoms with E-state index in [0.717, 1.165) is 45.4 Å². The summed E-state index contributed by atoms with van der Waals surface area (Å²) in [6.45, 7) is 8.35. The van der Waals surface area contributed by atoms with Crippen molar-refractivity contribution in [1.29, 1.82) is 0 Å². The number of nitrogens with zero attached hydrogens (tertiary/aromatic N) is 3. The van der Waals surface area contributed by atoms with Crippen LogP contribution in [0.2, 0.25) is 0 Å². The summed E-state index contributed by atoms with van der Waals surface area (Å²) in [5.41, 5.74) is 0. The lowest BCUT2D eigenvalue weighted by atomic mass is 10.0. The summed E-state index contributed by atoms with van der Waals surface area (Å²) >= 11 is 0. The first-order valence-electron chi connectivity index (χ1n) is 7.98. The first-order valence-corrected chi connectivity index (χ1v) is 7.98. The Hall–Kier alpha value is -1.43. The van der Waals surface area contributed by atoms with E-state index in [2.05, 4.69) is 39.3 Å². The van der Waals surface area contributed by atoms with Crippen molar-refractivity contribution in [1.82, 2.24) is 14.9 Å². The molecule has 1 aromatic rings. The van der Waals surface area contributed by atoms with E-state index < -0.39 is 0 Å². The molecule has 1 aliphatic heterocycles. The van der Waals surface area contributed by atoms with Gasteiger partial charge in [0.05, 0.1) is 6.20 Å². The maximum absolute atomic E-state index is 13.8. The highest BCUT2D eigenvalue weighted by Crippen LogP contribution is 2.18. The molecule has 21 heavy (non-hydrogen) atoms. The highest BCUT2D eigenvalue weighted by atomic mass is 19.1. The molecule has 0 spiro atoms. The van der Waals surface area contributed by atoms with Crippen LogP contribution < -0.4 is 10.6 Å². The van der Waals surface area contributed by atoms with Crippen molar-refractivity contribution in [3.8, 4) is 0 Å². The van der Waals surface area contributed by atoms with Crippen LogP contribution in [0.5, 0.6) is 0 Å². The highest BCUT2D eigenvalue weighted by Gasteiger charge is 2.20. The van der Waals surface area contributed by atoms with E-state index in [1.807, 2.05) is 0 Å². The standard InChI is InChI=1S/C15H26FN5/c1-3-7-17-15-18-11-13(16)14(20-15)19-12-5-9-21(8-4-2)10-6-12/h11-12H,3-10H2,1-2H3,(H2,17,18,19,20). The van der Waals surface area contributed by atoms with Crippen LogP contribution in [0.15, 0.2) is 6.20 Å². The van der Waals surface area contributed by atoms with Crippen molar-refractivity contribution in [2.45, 2.75) is 45.6 Å². The number of nitrogens with one attached hydrogen (secondary N) is 2. The molecule has 0 bridgehead atoms. The Morgan fingerprint density at radius 2 is 2.05 bits per heavy atom. The van der Waals surface area contributed by atoms with Crippen LogP contribution in [0.1, 0.15) is 39.5 Å². The van der Waals surface area contributed by atoms with Gasteiger partial charge in [-0.2, -0.15) is 4.98 Å². The lowest BCUT2D eigenvalue weighted by Crippen LogP contribution is -2.39. The molecule has 2 N–H and O–H groups in total. The fourth-order valence-corrected chi connectivity index (χ4v) is 2.60. The Labute approximate surface area is 126 Å². The number of aromatic nitrogens is 2. The second-order valence-electron chi connectivity index (χ2n) is 5.58. The minimum atomic E-state index is -0.381. The Balaban J connectivity index is 1.90. The van der Waals surface area contributed by atoms with Gasteiger partial charge in [0.25, 0.3) is 0 Å². The average molecular weight is 295 g/mol. The molecule has 1 saturated heterocycles. The maximum atomic E-state index is 13.8. The third-order valence-corrected chi connectivity index (χ3v) is 3.75. The Morgan fingerprint density at radius 3 is 2.71 bits per heavy atom. The van der Waals surface area contributed by atoms with Crippen molar-refractivity contribution in [3.63, 3.8) is 0 Å². The molecule has 0 aromatic carbocycles. The van der Waals surface area contributed by atoms with Gasteiger partial charge in [-0.25, -0.2) is 9.37 Å². The van der Waals surface area contributed by atoms with E-state index in [1.165, 1.54) is 12.6 Å². The zero-order chi connectivity index (χ0) is 15.1. The Bertz CT molecular complexity index is 432. The van der Waals surface area contributed by atoms with E-state index in [0.29, 0.717) is 17.8 Å². The normalized spacial score (nSPS) is 16.9. The molecule has 0 unspecified atom stereocenters. The molecule has 1 fully saturated rings. The average Bonchev–Trinajstić information content (AvgIpc) is 2.50. The molecule has 5 nitrogen and oxygen atoms in total. The van der Waals surface area contributed by atoms with Crippen molar-refractivity contribution in [2.24, 2.45) is 0 Å². The zero-order valence-corrected chi connectivity index (χ0v) is 13.0. The summed E-state index contributed by atoms with van der Waals surface area (Å²) < 4.78 is 13.8. The number of hydrogen-bond donors (Lipinski definition) is 2. The summed E-state index contributed by atoms with van der Waals surface area (Å²) in [6.07, 6.45) is 5.46. The van der Waals surface area contributed by atoms with Crippen LogP contribution in [0.4, 0.5) is 16.2 Å². The smallest absolute Gasteiger partial charge is 0.224 e. The van der Waals surface area contributed by atoms with Gasteiger partial charge in [-0.3, -0.25) is 0 Å². The van der Waals surface area contributed by atoms with Crippen LogP contribution in [0, 0.1) is 5.82 Å². The second-order valence-corrected chi connectivity index (χ2v) is 5.58. The molecule has 0 aliphatic carbocycles. The van der Waals surface area contributed by atoms with Crippen molar-refractivity contribution in [3.05, 3.63) is 12.0 Å². The quantitative estimate of drug-likeness (QED) is 0.810. The maximum Gasteiger partial charge on any atom is 0.224 e. The lowest BCUT2D eigenvalue weighted by molar-refractivity contribution is 0.219. The number of likely N-dealkylation sites (tertiary alicyclic amines) is 1. The van der Waals surface area contributed by atoms with Gasteiger partial charge in [0, 0.05) is 25.7 Å². The molecule has 6 heteroatoms. The molecular weight excluding hydrogens is 269 g/mol. The second kappa shape index (κ2) is 8.12. The first kappa shape index (κ1) is 15.9. The topological polar surface area (TPSA) is 53.1 Å². The molecule has 0 atom stereocenters. The van der Waals surface area contributed by atoms with Gasteiger partial charge in [-0.05, 0) is 32.2 Å². The summed E-state index contributed by atoms with van der Waals surface area (Å²) in [7, 11) is 0. The number of halogens is 1. The Morgan fingerprint density at radius 1 is 1.29 bits per heavy atom. The fraction of sp³-hybridized carbons (Fsp3) is 0.733. The van der Waals surface area contributed by atoms with Gasteiger partial charge in [0.2, 0.25) is 5.95 Å². The predicted octanol–water partition coefficient (Wildman–Crippen LogP) is 2.72. The van der Waals surface area contributed by atoms with Crippen molar-refractivity contribution < 1.29 is 4.39 Å². The van der Waals surface area contributed by atoms with Gasteiger partial charge in [-0.15, -0.1) is 0 Å². The minimum Gasteiger partial charge on any atom is -0.365 e. The third kappa shape index (κ3) is 4.81. The van der Waals surface area contributed by atoms with Gasteiger partial charge >= 0.3 is 0 Å².